The Balaban J connectivity index is 1.24. The van der Waals surface area contributed by atoms with E-state index in [1.807, 2.05) is 42.1 Å². The zero-order valence-corrected chi connectivity index (χ0v) is 32.6. The van der Waals surface area contributed by atoms with Crippen LogP contribution < -0.4 is 21.1 Å². The Morgan fingerprint density at radius 3 is 2.42 bits per heavy atom. The first kappa shape index (κ1) is 39.4. The van der Waals surface area contributed by atoms with Crippen LogP contribution >= 0.6 is 0 Å². The van der Waals surface area contributed by atoms with Crippen LogP contribution in [0, 0.1) is 12.3 Å². The number of anilines is 1. The molecule has 0 radical (unpaired) electrons. The molecule has 0 saturated carbocycles. The molecule has 4 heterocycles. The van der Waals surface area contributed by atoms with Gasteiger partial charge in [-0.05, 0) is 93.3 Å². The van der Waals surface area contributed by atoms with Crippen molar-refractivity contribution in [2.75, 3.05) is 44.2 Å². The van der Waals surface area contributed by atoms with E-state index in [0.717, 1.165) is 104 Å². The molecule has 1 aliphatic rings. The number of pyridine rings is 2. The van der Waals surface area contributed by atoms with E-state index in [-0.39, 0.29) is 35.4 Å². The lowest BCUT2D eigenvalue weighted by Crippen LogP contribution is -2.48. The van der Waals surface area contributed by atoms with Crippen molar-refractivity contribution in [1.29, 1.82) is 0 Å². The summed E-state index contributed by atoms with van der Waals surface area (Å²) in [6.45, 7) is 21.4. The Bertz CT molecular complexity index is 1930. The van der Waals surface area contributed by atoms with E-state index in [1.54, 1.807) is 6.20 Å². The number of amides is 2. The van der Waals surface area contributed by atoms with Crippen LogP contribution in [0.1, 0.15) is 99.9 Å². The minimum atomic E-state index is -0.257. The van der Waals surface area contributed by atoms with Gasteiger partial charge in [-0.1, -0.05) is 33.3 Å². The molecule has 1 aliphatic heterocycles. The fraction of sp³-hybridized carbons (Fsp3) is 0.500. The lowest BCUT2D eigenvalue weighted by molar-refractivity contribution is -0.123. The van der Waals surface area contributed by atoms with Crippen LogP contribution in [0.5, 0.6) is 0 Å². The molecule has 0 spiro atoms. The van der Waals surface area contributed by atoms with E-state index in [9.17, 15) is 14.4 Å². The summed E-state index contributed by atoms with van der Waals surface area (Å²) >= 11 is 0. The van der Waals surface area contributed by atoms with Crippen molar-refractivity contribution in [3.8, 4) is 11.1 Å². The predicted octanol–water partition coefficient (Wildman–Crippen LogP) is 6.57. The van der Waals surface area contributed by atoms with Gasteiger partial charge in [0.1, 0.15) is 5.82 Å². The van der Waals surface area contributed by atoms with Crippen LogP contribution in [0.3, 0.4) is 0 Å². The van der Waals surface area contributed by atoms with Gasteiger partial charge in [-0.25, -0.2) is 4.98 Å². The standard InChI is InChI=1S/C42H58N8O3/c1-8-12-31-22-30(7)47-41(53)35(31)27-45-40(52)34-23-33(24-37-36(34)28-46-50(37)29(5)6)32-13-14-38(44-26-32)49-20-18-48(19-21-49)17-16-43-39(51)25-42(10-3,11-4)15-9-2/h9,13-14,22-24,26,28-29H,2,8,10-12,15-21,25,27H2,1,3-7H3,(H,43,51)(H,45,52)(H,47,53). The molecule has 5 rings (SSSR count). The molecule has 3 N–H and O–H groups in total. The first-order valence-electron chi connectivity index (χ1n) is 19.3. The van der Waals surface area contributed by atoms with Gasteiger partial charge in [0.25, 0.3) is 11.5 Å². The maximum Gasteiger partial charge on any atom is 0.253 e. The number of aryl methyl sites for hydroxylation is 2. The summed E-state index contributed by atoms with van der Waals surface area (Å²) < 4.78 is 1.93. The molecule has 284 valence electrons. The van der Waals surface area contributed by atoms with Crippen molar-refractivity contribution in [1.82, 2.24) is 35.3 Å². The first-order chi connectivity index (χ1) is 25.5. The number of hydrogen-bond donors (Lipinski definition) is 3. The van der Waals surface area contributed by atoms with Crippen LogP contribution in [0.15, 0.2) is 60.2 Å². The van der Waals surface area contributed by atoms with Crippen LogP contribution in [-0.2, 0) is 17.8 Å². The molecule has 0 unspecified atom stereocenters. The normalized spacial score (nSPS) is 13.8. The highest BCUT2D eigenvalue weighted by atomic mass is 16.2. The van der Waals surface area contributed by atoms with Crippen molar-refractivity contribution >= 4 is 28.5 Å². The molecule has 3 aromatic heterocycles. The summed E-state index contributed by atoms with van der Waals surface area (Å²) in [4.78, 5) is 51.8. The second kappa shape index (κ2) is 17.8. The van der Waals surface area contributed by atoms with Crippen molar-refractivity contribution in [2.45, 2.75) is 92.7 Å². The third-order valence-electron chi connectivity index (χ3n) is 10.9. The third kappa shape index (κ3) is 9.43. The van der Waals surface area contributed by atoms with E-state index in [2.05, 4.69) is 83.8 Å². The highest BCUT2D eigenvalue weighted by Gasteiger charge is 2.28. The van der Waals surface area contributed by atoms with Gasteiger partial charge in [0.05, 0.1) is 17.3 Å². The molecule has 1 aromatic carbocycles. The zero-order valence-electron chi connectivity index (χ0n) is 32.6. The summed E-state index contributed by atoms with van der Waals surface area (Å²) in [5, 5.41) is 11.6. The molecule has 0 bridgehead atoms. The van der Waals surface area contributed by atoms with Crippen LogP contribution in [0.2, 0.25) is 0 Å². The average molecular weight is 723 g/mol. The maximum atomic E-state index is 13.8. The van der Waals surface area contributed by atoms with E-state index in [0.29, 0.717) is 24.1 Å². The lowest BCUT2D eigenvalue weighted by Gasteiger charge is -2.35. The summed E-state index contributed by atoms with van der Waals surface area (Å²) in [7, 11) is 0. The Labute approximate surface area is 314 Å². The number of rotatable bonds is 17. The number of benzene rings is 1. The van der Waals surface area contributed by atoms with Crippen molar-refractivity contribution < 1.29 is 9.59 Å². The largest absolute Gasteiger partial charge is 0.355 e. The van der Waals surface area contributed by atoms with Crippen LogP contribution in [0.25, 0.3) is 22.0 Å². The number of H-pyrrole nitrogens is 1. The Hall–Kier alpha value is -4.77. The summed E-state index contributed by atoms with van der Waals surface area (Å²) in [6.07, 6.45) is 10.6. The number of fused-ring (bicyclic) bond motifs is 1. The summed E-state index contributed by atoms with van der Waals surface area (Å²) in [6, 6.07) is 10.2. The molecule has 11 heteroatoms. The van der Waals surface area contributed by atoms with Gasteiger partial charge in [0.15, 0.2) is 0 Å². The minimum absolute atomic E-state index is 0.00354. The van der Waals surface area contributed by atoms with E-state index in [4.69, 9.17) is 4.98 Å². The number of aromatic amines is 1. The fourth-order valence-electron chi connectivity index (χ4n) is 7.51. The molecular formula is C42H58N8O3. The minimum Gasteiger partial charge on any atom is -0.355 e. The quantitative estimate of drug-likeness (QED) is 0.105. The SMILES string of the molecule is C=CCC(CC)(CC)CC(=O)NCCN1CCN(c2ccc(-c3cc(C(=O)NCc4c(CCC)cc(C)[nH]c4=O)c4cnn(C(C)C)c4c3)cn2)CC1. The predicted molar refractivity (Wildman–Crippen MR) is 214 cm³/mol. The number of nitrogens with zero attached hydrogens (tertiary/aromatic N) is 5. The second-order valence-electron chi connectivity index (χ2n) is 14.8. The molecular weight excluding hydrogens is 665 g/mol. The van der Waals surface area contributed by atoms with Gasteiger partial charge in [0.2, 0.25) is 5.91 Å². The van der Waals surface area contributed by atoms with Crippen molar-refractivity contribution in [3.63, 3.8) is 0 Å². The summed E-state index contributed by atoms with van der Waals surface area (Å²) in [5.41, 5.74) is 5.35. The fourth-order valence-corrected chi connectivity index (χ4v) is 7.51. The number of carbonyl (C=O) groups excluding carboxylic acids is 2. The third-order valence-corrected chi connectivity index (χ3v) is 10.9. The monoisotopic (exact) mass is 722 g/mol. The molecule has 2 amide bonds. The van der Waals surface area contributed by atoms with Gasteiger partial charge in [-0.3, -0.25) is 24.0 Å². The van der Waals surface area contributed by atoms with Gasteiger partial charge in [0, 0.05) is 86.7 Å². The van der Waals surface area contributed by atoms with E-state index < -0.39 is 0 Å². The zero-order chi connectivity index (χ0) is 38.1. The number of hydrogen-bond acceptors (Lipinski definition) is 7. The number of carbonyl (C=O) groups is 2. The van der Waals surface area contributed by atoms with Crippen LogP contribution in [0.4, 0.5) is 5.82 Å². The summed E-state index contributed by atoms with van der Waals surface area (Å²) in [5.74, 6) is 0.781. The van der Waals surface area contributed by atoms with E-state index >= 15 is 0 Å². The van der Waals surface area contributed by atoms with Crippen molar-refractivity contribution in [2.24, 2.45) is 5.41 Å². The Morgan fingerprint density at radius 2 is 1.77 bits per heavy atom. The lowest BCUT2D eigenvalue weighted by atomic mass is 9.76. The molecule has 4 aromatic rings. The first-order valence-corrected chi connectivity index (χ1v) is 19.3. The number of piperazine rings is 1. The molecule has 53 heavy (non-hydrogen) atoms. The number of nitrogens with one attached hydrogen (secondary N) is 3. The molecule has 0 atom stereocenters. The van der Waals surface area contributed by atoms with Crippen molar-refractivity contribution in [3.05, 3.63) is 88.1 Å². The Kier molecular flexibility index (Phi) is 13.3. The van der Waals surface area contributed by atoms with Gasteiger partial charge in [-0.2, -0.15) is 5.10 Å². The highest BCUT2D eigenvalue weighted by molar-refractivity contribution is 6.08. The molecule has 11 nitrogen and oxygen atoms in total. The second-order valence-corrected chi connectivity index (χ2v) is 14.8. The van der Waals surface area contributed by atoms with Gasteiger partial charge in [-0.15, -0.1) is 6.58 Å². The van der Waals surface area contributed by atoms with Gasteiger partial charge >= 0.3 is 0 Å². The number of aromatic nitrogens is 4. The average Bonchev–Trinajstić information content (AvgIpc) is 3.59. The Morgan fingerprint density at radius 1 is 1.02 bits per heavy atom. The molecule has 0 aliphatic carbocycles. The highest BCUT2D eigenvalue weighted by Crippen LogP contribution is 2.35. The van der Waals surface area contributed by atoms with Gasteiger partial charge < -0.3 is 20.5 Å². The van der Waals surface area contributed by atoms with Crippen LogP contribution in [-0.4, -0.2) is 75.7 Å². The maximum absolute atomic E-state index is 13.8. The number of allylic oxidation sites excluding steroid dienone is 1. The van der Waals surface area contributed by atoms with E-state index in [1.165, 1.54) is 0 Å². The molecule has 1 saturated heterocycles. The molecule has 1 fully saturated rings. The topological polar surface area (TPSA) is 128 Å². The smallest absolute Gasteiger partial charge is 0.253 e.